The number of rotatable bonds is 3. The molecule has 1 unspecified atom stereocenters. The van der Waals surface area contributed by atoms with Crippen molar-refractivity contribution in [3.63, 3.8) is 0 Å². The van der Waals surface area contributed by atoms with E-state index in [1.807, 2.05) is 11.4 Å². The van der Waals surface area contributed by atoms with Gasteiger partial charge in [-0.3, -0.25) is 0 Å². The van der Waals surface area contributed by atoms with Crippen molar-refractivity contribution in [3.05, 3.63) is 23.8 Å². The van der Waals surface area contributed by atoms with Gasteiger partial charge in [0.05, 0.1) is 28.9 Å². The summed E-state index contributed by atoms with van der Waals surface area (Å²) >= 11 is 1.65. The molecule has 1 atom stereocenters. The van der Waals surface area contributed by atoms with Gasteiger partial charge < -0.3 is 21.1 Å². The fraction of sp³-hybridized carbons (Fsp3) is 0.333. The minimum Gasteiger partial charge on any atom is -0.369 e. The van der Waals surface area contributed by atoms with Gasteiger partial charge in [-0.25, -0.2) is 19.9 Å². The number of fused-ring (bicyclic) bond motifs is 1. The van der Waals surface area contributed by atoms with E-state index in [0.717, 1.165) is 41.2 Å². The molecule has 8 nitrogen and oxygen atoms in total. The summed E-state index contributed by atoms with van der Waals surface area (Å²) < 4.78 is 6.81. The average molecular weight is 344 g/mol. The summed E-state index contributed by atoms with van der Waals surface area (Å²) in [7, 11) is 0. The number of thiophene rings is 1. The Labute approximate surface area is 142 Å². The standard InChI is InChI=1S/C15H17N7OS/c16-5-10-8-22(2-3-23-10)14-12-11(1-4-24-12)20-13(21-14)9-6-18-15(17)19-7-9/h1,4,6-7,10H,2-3,5,8,16H2,(H2,17,18,19)/p+1. The molecule has 1 aliphatic rings. The summed E-state index contributed by atoms with van der Waals surface area (Å²) in [5, 5.41) is 2.03. The highest BCUT2D eigenvalue weighted by Gasteiger charge is 2.24. The molecule has 1 fully saturated rings. The Morgan fingerprint density at radius 1 is 1.33 bits per heavy atom. The van der Waals surface area contributed by atoms with Crippen LogP contribution in [-0.2, 0) is 4.74 Å². The Morgan fingerprint density at radius 3 is 2.96 bits per heavy atom. The number of anilines is 2. The average Bonchev–Trinajstić information content (AvgIpc) is 3.10. The fourth-order valence-corrected chi connectivity index (χ4v) is 3.58. The second-order valence-corrected chi connectivity index (χ2v) is 6.48. The number of ether oxygens (including phenoxy) is 1. The first kappa shape index (κ1) is 15.2. The van der Waals surface area contributed by atoms with E-state index in [1.54, 1.807) is 23.7 Å². The molecule has 0 amide bonds. The lowest BCUT2D eigenvalue weighted by Gasteiger charge is -2.32. The predicted molar refractivity (Wildman–Crippen MR) is 92.6 cm³/mol. The lowest BCUT2D eigenvalue weighted by atomic mass is 10.2. The van der Waals surface area contributed by atoms with Gasteiger partial charge in [-0.1, -0.05) is 0 Å². The zero-order valence-electron chi connectivity index (χ0n) is 13.1. The lowest BCUT2D eigenvalue weighted by molar-refractivity contribution is -0.386. The van der Waals surface area contributed by atoms with Crippen molar-refractivity contribution in [1.29, 1.82) is 0 Å². The number of morpholine rings is 1. The molecule has 3 aromatic heterocycles. The molecule has 1 saturated heterocycles. The van der Waals surface area contributed by atoms with Crippen LogP contribution in [0.3, 0.4) is 0 Å². The Morgan fingerprint density at radius 2 is 2.17 bits per heavy atom. The van der Waals surface area contributed by atoms with Crippen LogP contribution in [0.5, 0.6) is 0 Å². The van der Waals surface area contributed by atoms with E-state index in [0.29, 0.717) is 12.4 Å². The lowest BCUT2D eigenvalue weighted by Crippen LogP contribution is -2.60. The SMILES string of the molecule is Nc1ncc(-c2nc(N3CCOC(C[NH3+])C3)c3sccc3n2)cn1. The highest BCUT2D eigenvalue weighted by Crippen LogP contribution is 2.32. The Kier molecular flexibility index (Phi) is 3.97. The maximum absolute atomic E-state index is 5.72. The molecule has 0 aliphatic carbocycles. The second kappa shape index (κ2) is 6.27. The fourth-order valence-electron chi connectivity index (χ4n) is 2.73. The first-order chi connectivity index (χ1) is 11.7. The maximum atomic E-state index is 5.72. The Balaban J connectivity index is 1.79. The van der Waals surface area contributed by atoms with E-state index in [4.69, 9.17) is 15.5 Å². The van der Waals surface area contributed by atoms with Gasteiger partial charge in [-0.2, -0.15) is 0 Å². The van der Waals surface area contributed by atoms with Crippen LogP contribution in [0.25, 0.3) is 21.6 Å². The van der Waals surface area contributed by atoms with E-state index in [1.165, 1.54) is 0 Å². The topological polar surface area (TPSA) is 118 Å². The molecule has 0 aromatic carbocycles. The van der Waals surface area contributed by atoms with Crippen LogP contribution >= 0.6 is 11.3 Å². The summed E-state index contributed by atoms with van der Waals surface area (Å²) in [6, 6.07) is 2.01. The van der Waals surface area contributed by atoms with Crippen LogP contribution in [0.15, 0.2) is 23.8 Å². The smallest absolute Gasteiger partial charge is 0.219 e. The quantitative estimate of drug-likeness (QED) is 0.696. The van der Waals surface area contributed by atoms with Gasteiger partial charge in [-0.05, 0) is 11.4 Å². The van der Waals surface area contributed by atoms with Crippen LogP contribution in [0.2, 0.25) is 0 Å². The number of nitrogens with two attached hydrogens (primary N) is 1. The van der Waals surface area contributed by atoms with Crippen molar-refractivity contribution < 1.29 is 10.5 Å². The summed E-state index contributed by atoms with van der Waals surface area (Å²) in [4.78, 5) is 19.8. The van der Waals surface area contributed by atoms with Gasteiger partial charge in [0.25, 0.3) is 0 Å². The molecule has 124 valence electrons. The summed E-state index contributed by atoms with van der Waals surface area (Å²) in [6.07, 6.45) is 3.43. The van der Waals surface area contributed by atoms with Crippen LogP contribution in [0.1, 0.15) is 0 Å². The summed E-state index contributed by atoms with van der Waals surface area (Å²) in [5.74, 6) is 1.78. The molecule has 4 heterocycles. The van der Waals surface area contributed by atoms with Crippen molar-refractivity contribution in [2.24, 2.45) is 0 Å². The van der Waals surface area contributed by atoms with Gasteiger partial charge in [-0.15, -0.1) is 11.3 Å². The number of quaternary nitrogens is 1. The zero-order chi connectivity index (χ0) is 16.5. The predicted octanol–water partition coefficient (Wildman–Crippen LogP) is 0.178. The maximum Gasteiger partial charge on any atom is 0.219 e. The number of nitrogen functional groups attached to an aromatic ring is 1. The van der Waals surface area contributed by atoms with Crippen LogP contribution in [-0.4, -0.2) is 52.3 Å². The van der Waals surface area contributed by atoms with Crippen molar-refractivity contribution in [2.45, 2.75) is 6.10 Å². The molecule has 0 radical (unpaired) electrons. The number of nitrogens with zero attached hydrogens (tertiary/aromatic N) is 5. The highest BCUT2D eigenvalue weighted by molar-refractivity contribution is 7.17. The number of hydrogen-bond acceptors (Lipinski definition) is 8. The van der Waals surface area contributed by atoms with Gasteiger partial charge in [0.1, 0.15) is 12.6 Å². The van der Waals surface area contributed by atoms with Gasteiger partial charge in [0.2, 0.25) is 5.95 Å². The monoisotopic (exact) mass is 344 g/mol. The molecular formula is C15H18N7OS+. The molecule has 24 heavy (non-hydrogen) atoms. The van der Waals surface area contributed by atoms with Crippen molar-refractivity contribution >= 4 is 33.3 Å². The van der Waals surface area contributed by atoms with Crippen molar-refractivity contribution in [3.8, 4) is 11.4 Å². The van der Waals surface area contributed by atoms with E-state index in [-0.39, 0.29) is 12.1 Å². The van der Waals surface area contributed by atoms with Crippen LogP contribution in [0.4, 0.5) is 11.8 Å². The van der Waals surface area contributed by atoms with Crippen LogP contribution in [0, 0.1) is 0 Å². The second-order valence-electron chi connectivity index (χ2n) is 5.56. The van der Waals surface area contributed by atoms with E-state index >= 15 is 0 Å². The number of hydrogen-bond donors (Lipinski definition) is 2. The van der Waals surface area contributed by atoms with Crippen molar-refractivity contribution in [2.75, 3.05) is 36.9 Å². The third kappa shape index (κ3) is 2.77. The molecule has 0 spiro atoms. The minimum atomic E-state index is 0.132. The normalized spacial score (nSPS) is 18.2. The third-order valence-corrected chi connectivity index (χ3v) is 4.88. The Hall–Kier alpha value is -2.36. The van der Waals surface area contributed by atoms with Crippen LogP contribution < -0.4 is 16.4 Å². The van der Waals surface area contributed by atoms with Gasteiger partial charge in [0.15, 0.2) is 11.6 Å². The van der Waals surface area contributed by atoms with E-state index < -0.39 is 0 Å². The molecular weight excluding hydrogens is 326 g/mol. The summed E-state index contributed by atoms with van der Waals surface area (Å²) in [5.41, 5.74) is 11.2. The minimum absolute atomic E-state index is 0.132. The molecule has 9 heteroatoms. The van der Waals surface area contributed by atoms with Gasteiger partial charge in [0, 0.05) is 18.9 Å². The molecule has 3 aromatic rings. The first-order valence-corrected chi connectivity index (χ1v) is 8.61. The zero-order valence-corrected chi connectivity index (χ0v) is 13.9. The highest BCUT2D eigenvalue weighted by atomic mass is 32.1. The molecule has 0 bridgehead atoms. The third-order valence-electron chi connectivity index (χ3n) is 3.98. The Bertz CT molecular complexity index is 851. The van der Waals surface area contributed by atoms with E-state index in [2.05, 4.69) is 25.6 Å². The van der Waals surface area contributed by atoms with E-state index in [9.17, 15) is 0 Å². The molecule has 4 rings (SSSR count). The molecule has 5 N–H and O–H groups in total. The summed E-state index contributed by atoms with van der Waals surface area (Å²) in [6.45, 7) is 3.01. The first-order valence-electron chi connectivity index (χ1n) is 7.73. The molecule has 0 saturated carbocycles. The molecule has 1 aliphatic heterocycles. The largest absolute Gasteiger partial charge is 0.369 e. The van der Waals surface area contributed by atoms with Crippen molar-refractivity contribution in [1.82, 2.24) is 19.9 Å². The number of aromatic nitrogens is 4. The van der Waals surface area contributed by atoms with Gasteiger partial charge >= 0.3 is 0 Å².